The molecule has 0 atom stereocenters. The lowest BCUT2D eigenvalue weighted by molar-refractivity contribution is 0.0950. The zero-order chi connectivity index (χ0) is 26.8. The molecule has 3 rings (SSSR count). The van der Waals surface area contributed by atoms with Gasteiger partial charge in [-0.1, -0.05) is 13.0 Å². The van der Waals surface area contributed by atoms with Gasteiger partial charge in [0.1, 0.15) is 5.82 Å². The smallest absolute Gasteiger partial charge is 0.253 e. The second-order valence-electron chi connectivity index (χ2n) is 11.2. The van der Waals surface area contributed by atoms with E-state index >= 15 is 0 Å². The molecule has 36 heavy (non-hydrogen) atoms. The molecule has 1 aliphatic heterocycles. The van der Waals surface area contributed by atoms with Crippen molar-refractivity contribution in [1.82, 2.24) is 20.6 Å². The number of hydrogen-bond acceptors (Lipinski definition) is 6. The van der Waals surface area contributed by atoms with Crippen molar-refractivity contribution in [2.24, 2.45) is 0 Å². The summed E-state index contributed by atoms with van der Waals surface area (Å²) in [7, 11) is 0. The Morgan fingerprint density at radius 1 is 1.25 bits per heavy atom. The summed E-state index contributed by atoms with van der Waals surface area (Å²) in [5, 5.41) is 17.9. The number of carbonyl (C=O) groups excluding carboxylic acids is 1. The lowest BCUT2D eigenvalue weighted by Gasteiger charge is -2.41. The minimum absolute atomic E-state index is 0.0653. The predicted molar refractivity (Wildman–Crippen MR) is 147 cm³/mol. The molecule has 3 heterocycles. The summed E-state index contributed by atoms with van der Waals surface area (Å²) in [6.45, 7) is 16.5. The number of nitrogens with one attached hydrogen (secondary N) is 5. The monoisotopic (exact) mass is 492 g/mol. The largest absolute Gasteiger partial charge is 0.367 e. The van der Waals surface area contributed by atoms with Crippen molar-refractivity contribution >= 4 is 23.5 Å². The number of rotatable bonds is 8. The van der Waals surface area contributed by atoms with Crippen LogP contribution in [0.4, 0.5) is 5.82 Å². The Hall–Kier alpha value is -3.26. The molecule has 0 radical (unpaired) electrons. The number of aromatic amines is 1. The van der Waals surface area contributed by atoms with Gasteiger partial charge < -0.3 is 26.3 Å². The fourth-order valence-corrected chi connectivity index (χ4v) is 5.07. The van der Waals surface area contributed by atoms with Crippen LogP contribution in [-0.2, 0) is 13.0 Å². The third kappa shape index (κ3) is 6.29. The summed E-state index contributed by atoms with van der Waals surface area (Å²) in [5.74, 6) is 0.152. The van der Waals surface area contributed by atoms with Crippen molar-refractivity contribution in [2.45, 2.75) is 91.9 Å². The number of aryl methyl sites for hydroxylation is 2. The van der Waals surface area contributed by atoms with Crippen molar-refractivity contribution < 1.29 is 4.79 Å². The number of amides is 1. The van der Waals surface area contributed by atoms with E-state index in [9.17, 15) is 9.59 Å². The van der Waals surface area contributed by atoms with E-state index in [-0.39, 0.29) is 35.1 Å². The molecular weight excluding hydrogens is 452 g/mol. The third-order valence-corrected chi connectivity index (χ3v) is 6.20. The Balaban J connectivity index is 2.06. The van der Waals surface area contributed by atoms with E-state index in [0.29, 0.717) is 34.6 Å². The molecule has 0 saturated heterocycles. The lowest BCUT2D eigenvalue weighted by Crippen LogP contribution is -2.53. The maximum atomic E-state index is 13.5. The molecule has 8 heteroatoms. The van der Waals surface area contributed by atoms with Crippen LogP contribution in [0.3, 0.4) is 0 Å². The average Bonchev–Trinajstić information content (AvgIpc) is 2.74. The number of aromatic nitrogens is 2. The van der Waals surface area contributed by atoms with Crippen LogP contribution in [0.25, 0.3) is 5.57 Å². The van der Waals surface area contributed by atoms with Crippen molar-refractivity contribution in [1.29, 1.82) is 5.41 Å². The normalized spacial score (nSPS) is 16.4. The molecule has 0 unspecified atom stereocenters. The molecule has 1 amide bonds. The summed E-state index contributed by atoms with van der Waals surface area (Å²) in [6.07, 6.45) is 4.76. The first kappa shape index (κ1) is 27.3. The molecule has 0 aromatic carbocycles. The molecule has 1 aliphatic rings. The van der Waals surface area contributed by atoms with Crippen molar-refractivity contribution in [3.8, 4) is 0 Å². The van der Waals surface area contributed by atoms with Gasteiger partial charge in [0, 0.05) is 46.7 Å². The van der Waals surface area contributed by atoms with Crippen LogP contribution >= 0.6 is 0 Å². The van der Waals surface area contributed by atoms with E-state index in [2.05, 4.69) is 54.7 Å². The summed E-state index contributed by atoms with van der Waals surface area (Å²) in [4.78, 5) is 33.7. The first-order valence-corrected chi connectivity index (χ1v) is 12.6. The van der Waals surface area contributed by atoms with Crippen molar-refractivity contribution in [3.63, 3.8) is 0 Å². The van der Waals surface area contributed by atoms with Crippen LogP contribution in [0, 0.1) is 12.3 Å². The van der Waals surface area contributed by atoms with Gasteiger partial charge >= 0.3 is 0 Å². The van der Waals surface area contributed by atoms with Crippen molar-refractivity contribution in [2.75, 3.05) is 5.32 Å². The highest BCUT2D eigenvalue weighted by Crippen LogP contribution is 2.34. The topological polar surface area (TPSA) is 123 Å². The molecule has 0 bridgehead atoms. The standard InChI is InChI=1S/C28H40N6O2/c1-9-18-10-17(4)32-26(36)22(18)15-30-25(35)20-11-23(33-24(21(20)14-29)31-16(2)3)19-12-27(5,6)34-28(7,8)13-19/h10-12,14,16,29,34H,9,13,15H2,1-8H3,(H,30,35)(H,31,33)(H,32,36). The van der Waals surface area contributed by atoms with Gasteiger partial charge in [-0.15, -0.1) is 0 Å². The quantitative estimate of drug-likeness (QED) is 0.351. The Kier molecular flexibility index (Phi) is 7.88. The van der Waals surface area contributed by atoms with E-state index in [0.717, 1.165) is 29.5 Å². The number of anilines is 1. The number of hydrogen-bond donors (Lipinski definition) is 5. The first-order valence-electron chi connectivity index (χ1n) is 12.6. The first-order chi connectivity index (χ1) is 16.7. The second kappa shape index (κ2) is 10.4. The van der Waals surface area contributed by atoms with E-state index in [1.165, 1.54) is 0 Å². The summed E-state index contributed by atoms with van der Waals surface area (Å²) in [5.41, 5.74) is 4.20. The molecule has 0 fully saturated rings. The zero-order valence-electron chi connectivity index (χ0n) is 22.8. The number of pyridine rings is 2. The number of carbonyl (C=O) groups is 1. The highest BCUT2D eigenvalue weighted by atomic mass is 16.1. The molecule has 0 aliphatic carbocycles. The molecule has 194 valence electrons. The Labute approximate surface area is 213 Å². The predicted octanol–water partition coefficient (Wildman–Crippen LogP) is 4.32. The maximum absolute atomic E-state index is 13.5. The SMILES string of the molecule is CCc1cc(C)[nH]c(=O)c1CNC(=O)c1cc(C2=CC(C)(C)NC(C)(C)C2)nc(NC(C)C)c1C=N. The third-order valence-electron chi connectivity index (χ3n) is 6.20. The van der Waals surface area contributed by atoms with Crippen LogP contribution in [0.1, 0.15) is 93.3 Å². The minimum Gasteiger partial charge on any atom is -0.367 e. The molecule has 2 aromatic heterocycles. The van der Waals surface area contributed by atoms with Crippen LogP contribution in [0.2, 0.25) is 0 Å². The minimum atomic E-state index is -0.348. The summed E-state index contributed by atoms with van der Waals surface area (Å²) >= 11 is 0. The Morgan fingerprint density at radius 3 is 2.53 bits per heavy atom. The number of H-pyrrole nitrogens is 1. The highest BCUT2D eigenvalue weighted by Gasteiger charge is 2.33. The van der Waals surface area contributed by atoms with Gasteiger partial charge in [-0.25, -0.2) is 4.98 Å². The summed E-state index contributed by atoms with van der Waals surface area (Å²) < 4.78 is 0. The van der Waals surface area contributed by atoms with E-state index in [1.807, 2.05) is 33.8 Å². The van der Waals surface area contributed by atoms with Crippen LogP contribution in [-0.4, -0.2) is 39.2 Å². The van der Waals surface area contributed by atoms with Gasteiger partial charge in [-0.2, -0.15) is 0 Å². The van der Waals surface area contributed by atoms with Crippen LogP contribution in [0.5, 0.6) is 0 Å². The van der Waals surface area contributed by atoms with Gasteiger partial charge in [-0.05, 0) is 84.6 Å². The fraction of sp³-hybridized carbons (Fsp3) is 0.500. The van der Waals surface area contributed by atoms with Crippen LogP contribution < -0.4 is 21.5 Å². The second-order valence-corrected chi connectivity index (χ2v) is 11.2. The molecule has 2 aromatic rings. The maximum Gasteiger partial charge on any atom is 0.253 e. The van der Waals surface area contributed by atoms with Crippen LogP contribution in [0.15, 0.2) is 23.0 Å². The van der Waals surface area contributed by atoms with Gasteiger partial charge in [0.05, 0.1) is 11.3 Å². The molecule has 5 N–H and O–H groups in total. The average molecular weight is 493 g/mol. The summed E-state index contributed by atoms with van der Waals surface area (Å²) in [6, 6.07) is 3.77. The van der Waals surface area contributed by atoms with E-state index < -0.39 is 0 Å². The van der Waals surface area contributed by atoms with Gasteiger partial charge in [0.2, 0.25) is 0 Å². The molecule has 0 saturated carbocycles. The highest BCUT2D eigenvalue weighted by molar-refractivity contribution is 6.05. The van der Waals surface area contributed by atoms with Gasteiger partial charge in [0.15, 0.2) is 0 Å². The van der Waals surface area contributed by atoms with Gasteiger partial charge in [0.25, 0.3) is 11.5 Å². The van der Waals surface area contributed by atoms with E-state index in [4.69, 9.17) is 10.4 Å². The van der Waals surface area contributed by atoms with Crippen molar-refractivity contribution in [3.05, 3.63) is 62.2 Å². The lowest BCUT2D eigenvalue weighted by atomic mass is 9.82. The van der Waals surface area contributed by atoms with E-state index in [1.54, 1.807) is 6.07 Å². The zero-order valence-corrected chi connectivity index (χ0v) is 22.8. The molecule has 8 nitrogen and oxygen atoms in total. The Morgan fingerprint density at radius 2 is 1.94 bits per heavy atom. The fourth-order valence-electron chi connectivity index (χ4n) is 5.07. The number of nitrogens with zero attached hydrogens (tertiary/aromatic N) is 1. The Bertz CT molecular complexity index is 1250. The van der Waals surface area contributed by atoms with Gasteiger partial charge in [-0.3, -0.25) is 9.59 Å². The molecular formula is C28H40N6O2. The molecule has 0 spiro atoms.